The van der Waals surface area contributed by atoms with E-state index < -0.39 is 0 Å². The van der Waals surface area contributed by atoms with Crippen molar-refractivity contribution in [3.63, 3.8) is 0 Å². The lowest BCUT2D eigenvalue weighted by molar-refractivity contribution is 0.180. The van der Waals surface area contributed by atoms with Gasteiger partial charge in [-0.2, -0.15) is 0 Å². The van der Waals surface area contributed by atoms with E-state index in [9.17, 15) is 0 Å². The van der Waals surface area contributed by atoms with Crippen molar-refractivity contribution in [3.05, 3.63) is 22.4 Å². The fourth-order valence-corrected chi connectivity index (χ4v) is 1.36. The minimum absolute atomic E-state index is 0.225. The van der Waals surface area contributed by atoms with E-state index in [1.54, 1.807) is 11.3 Å². The first-order valence-electron chi connectivity index (χ1n) is 3.48. The molecule has 0 radical (unpaired) electrons. The molecule has 1 aromatic rings. The summed E-state index contributed by atoms with van der Waals surface area (Å²) >= 11 is 1.63. The minimum Gasteiger partial charge on any atom is -0.382 e. The van der Waals surface area contributed by atoms with Gasteiger partial charge in [-0.3, -0.25) is 0 Å². The highest BCUT2D eigenvalue weighted by atomic mass is 32.1. The summed E-state index contributed by atoms with van der Waals surface area (Å²) in [6.45, 7) is 2.12. The molecule has 62 valence electrons. The lowest BCUT2D eigenvalue weighted by atomic mass is 10.3. The number of oxime groups is 1. The number of nitrogens with zero attached hydrogens (tertiary/aromatic N) is 1. The largest absolute Gasteiger partial charge is 0.382 e. The van der Waals surface area contributed by atoms with Crippen molar-refractivity contribution >= 4 is 17.0 Å². The molecule has 0 fully saturated rings. The van der Waals surface area contributed by atoms with Crippen molar-refractivity contribution in [1.29, 1.82) is 0 Å². The van der Waals surface area contributed by atoms with Crippen LogP contribution >= 0.6 is 11.3 Å². The van der Waals surface area contributed by atoms with E-state index in [2.05, 4.69) is 11.1 Å². The van der Waals surface area contributed by atoms with Gasteiger partial charge in [0.1, 0.15) is 0 Å². The summed E-state index contributed by atoms with van der Waals surface area (Å²) in [4.78, 5) is 5.93. The van der Waals surface area contributed by atoms with Gasteiger partial charge in [-0.25, -0.2) is 0 Å². The minimum atomic E-state index is 0.225. The van der Waals surface area contributed by atoms with Gasteiger partial charge in [0, 0.05) is 0 Å². The Labute approximate surface area is 75.9 Å². The molecule has 0 saturated carbocycles. The van der Waals surface area contributed by atoms with Crippen molar-refractivity contribution in [2.45, 2.75) is 6.92 Å². The summed E-state index contributed by atoms with van der Waals surface area (Å²) < 4.78 is 0. The van der Waals surface area contributed by atoms with E-state index in [-0.39, 0.29) is 6.61 Å². The highest BCUT2D eigenvalue weighted by molar-refractivity contribution is 7.12. The molecule has 0 N–H and O–H groups in total. The maximum atomic E-state index is 4.99. The molecule has 1 heterocycles. The Kier molecular flexibility index (Phi) is 3.36. The maximum absolute atomic E-state index is 4.99. The summed E-state index contributed by atoms with van der Waals surface area (Å²) in [7, 11) is 0. The Morgan fingerprint density at radius 1 is 1.83 bits per heavy atom. The third-order valence-corrected chi connectivity index (χ3v) is 2.21. The smallest absolute Gasteiger partial charge is 0.177 e. The lowest BCUT2D eigenvalue weighted by Crippen LogP contribution is -1.92. The van der Waals surface area contributed by atoms with Crippen LogP contribution in [0, 0.1) is 12.3 Å². The van der Waals surface area contributed by atoms with Gasteiger partial charge in [0.15, 0.2) is 6.61 Å². The Morgan fingerprint density at radius 3 is 3.25 bits per heavy atom. The summed E-state index contributed by atoms with van der Waals surface area (Å²) in [5.74, 6) is 2.34. The Hall–Kier alpha value is -1.27. The molecule has 2 nitrogen and oxygen atoms in total. The van der Waals surface area contributed by atoms with Gasteiger partial charge in [0.05, 0.1) is 10.6 Å². The monoisotopic (exact) mass is 179 g/mol. The van der Waals surface area contributed by atoms with E-state index in [1.165, 1.54) is 0 Å². The van der Waals surface area contributed by atoms with Gasteiger partial charge in [-0.05, 0) is 18.4 Å². The van der Waals surface area contributed by atoms with E-state index in [0.717, 1.165) is 10.6 Å². The van der Waals surface area contributed by atoms with Crippen LogP contribution in [-0.2, 0) is 4.84 Å². The molecular formula is C9H9NOS. The third kappa shape index (κ3) is 2.40. The molecule has 0 amide bonds. The van der Waals surface area contributed by atoms with Crippen LogP contribution in [0.1, 0.15) is 11.8 Å². The molecule has 0 atom stereocenters. The van der Waals surface area contributed by atoms with Crippen LogP contribution in [0.2, 0.25) is 0 Å². The molecule has 0 aliphatic heterocycles. The van der Waals surface area contributed by atoms with Gasteiger partial charge in [0.2, 0.25) is 0 Å². The molecule has 0 spiro atoms. The fraction of sp³-hybridized carbons (Fsp3) is 0.222. The first-order chi connectivity index (χ1) is 5.84. The lowest BCUT2D eigenvalue weighted by Gasteiger charge is -1.94. The van der Waals surface area contributed by atoms with Crippen molar-refractivity contribution in [2.24, 2.45) is 5.16 Å². The first-order valence-corrected chi connectivity index (χ1v) is 4.36. The topological polar surface area (TPSA) is 21.6 Å². The molecule has 0 aromatic carbocycles. The number of hydrogen-bond donors (Lipinski definition) is 0. The van der Waals surface area contributed by atoms with Crippen molar-refractivity contribution in [1.82, 2.24) is 0 Å². The van der Waals surface area contributed by atoms with Crippen LogP contribution in [0.3, 0.4) is 0 Å². The average Bonchev–Trinajstić information content (AvgIpc) is 2.56. The summed E-state index contributed by atoms with van der Waals surface area (Å²) in [6, 6.07) is 3.96. The second-order valence-electron chi connectivity index (χ2n) is 2.13. The number of hydrogen-bond acceptors (Lipinski definition) is 3. The highest BCUT2D eigenvalue weighted by Crippen LogP contribution is 2.09. The first kappa shape index (κ1) is 8.82. The van der Waals surface area contributed by atoms with Crippen molar-refractivity contribution in [3.8, 4) is 12.3 Å². The molecule has 0 aliphatic carbocycles. The standard InChI is InChI=1S/C9H9NOS/c1-3-6-11-10-8(2)9-5-4-7-12-9/h1,4-5,7H,6H2,2H3/b10-8-. The van der Waals surface area contributed by atoms with E-state index in [4.69, 9.17) is 11.3 Å². The fourth-order valence-electron chi connectivity index (χ4n) is 0.696. The van der Waals surface area contributed by atoms with Gasteiger partial charge >= 0.3 is 0 Å². The number of terminal acetylenes is 1. The zero-order chi connectivity index (χ0) is 8.81. The Bertz CT molecular complexity index is 295. The number of thiophene rings is 1. The SMILES string of the molecule is C#CCO/N=C(/C)c1cccs1. The molecule has 0 bridgehead atoms. The molecule has 0 unspecified atom stereocenters. The molecule has 0 aliphatic rings. The second kappa shape index (κ2) is 4.58. The quantitative estimate of drug-likeness (QED) is 0.301. The zero-order valence-corrected chi connectivity index (χ0v) is 7.60. The maximum Gasteiger partial charge on any atom is 0.177 e. The van der Waals surface area contributed by atoms with Crippen molar-refractivity contribution < 1.29 is 4.84 Å². The molecule has 12 heavy (non-hydrogen) atoms. The normalized spacial score (nSPS) is 10.8. The molecule has 1 rings (SSSR count). The summed E-state index contributed by atoms with van der Waals surface area (Å²) in [5, 5.41) is 5.84. The zero-order valence-electron chi connectivity index (χ0n) is 6.78. The predicted molar refractivity (Wildman–Crippen MR) is 51.3 cm³/mol. The van der Waals surface area contributed by atoms with Crippen LogP contribution in [0.25, 0.3) is 0 Å². The van der Waals surface area contributed by atoms with Crippen LogP contribution in [0.15, 0.2) is 22.7 Å². The summed E-state index contributed by atoms with van der Waals surface area (Å²) in [5.41, 5.74) is 0.861. The van der Waals surface area contributed by atoms with Gasteiger partial charge in [-0.1, -0.05) is 17.1 Å². The second-order valence-corrected chi connectivity index (χ2v) is 3.08. The predicted octanol–water partition coefficient (Wildman–Crippen LogP) is 2.12. The van der Waals surface area contributed by atoms with Crippen molar-refractivity contribution in [2.75, 3.05) is 6.61 Å². The third-order valence-electron chi connectivity index (χ3n) is 1.23. The molecule has 0 saturated heterocycles. The molecule has 3 heteroatoms. The number of rotatable bonds is 3. The van der Waals surface area contributed by atoms with Gasteiger partial charge in [0.25, 0.3) is 0 Å². The highest BCUT2D eigenvalue weighted by Gasteiger charge is 1.96. The van der Waals surface area contributed by atoms with E-state index in [1.807, 2.05) is 24.4 Å². The Morgan fingerprint density at radius 2 is 2.67 bits per heavy atom. The Balaban J connectivity index is 2.54. The van der Waals surface area contributed by atoms with Crippen LogP contribution in [0.5, 0.6) is 0 Å². The molecule has 1 aromatic heterocycles. The average molecular weight is 179 g/mol. The summed E-state index contributed by atoms with van der Waals surface area (Å²) in [6.07, 6.45) is 4.99. The van der Waals surface area contributed by atoms with Gasteiger partial charge < -0.3 is 4.84 Å². The van der Waals surface area contributed by atoms with E-state index in [0.29, 0.717) is 0 Å². The molecular weight excluding hydrogens is 170 g/mol. The van der Waals surface area contributed by atoms with Gasteiger partial charge in [-0.15, -0.1) is 17.8 Å². The van der Waals surface area contributed by atoms with Crippen LogP contribution in [0.4, 0.5) is 0 Å². The van der Waals surface area contributed by atoms with E-state index >= 15 is 0 Å². The van der Waals surface area contributed by atoms with Crippen LogP contribution in [-0.4, -0.2) is 12.3 Å². The van der Waals surface area contributed by atoms with Crippen LogP contribution < -0.4 is 0 Å².